The minimum Gasteiger partial charge on any atom is -0.341 e. The van der Waals surface area contributed by atoms with Crippen LogP contribution < -0.4 is 21.5 Å². The molecule has 1 aliphatic rings. The third-order valence-electron chi connectivity index (χ3n) is 4.91. The maximum Gasteiger partial charge on any atom is 0.416 e. The lowest BCUT2D eigenvalue weighted by atomic mass is 10.1. The standard InChI is InChI=1S/C19H19F3N6O/c20-19(21,22)11-1-3-13(4-2-11)25-16-15-14(5-8-24-17(15)29)26-18(27-16)28-9-6-12(23)7-10-28/h1-5,8,12H,6-7,9-10,23H2,(H,24,29)(H,25,26,27). The molecule has 3 heterocycles. The zero-order valence-electron chi connectivity index (χ0n) is 15.3. The van der Waals surface area contributed by atoms with Gasteiger partial charge < -0.3 is 20.9 Å². The summed E-state index contributed by atoms with van der Waals surface area (Å²) in [5, 5.41) is 3.21. The number of halogens is 3. The lowest BCUT2D eigenvalue weighted by molar-refractivity contribution is -0.137. The number of aromatic nitrogens is 3. The number of rotatable bonds is 3. The van der Waals surface area contributed by atoms with Crippen molar-refractivity contribution < 1.29 is 13.2 Å². The van der Waals surface area contributed by atoms with Gasteiger partial charge in [0.05, 0.1) is 11.1 Å². The highest BCUT2D eigenvalue weighted by Crippen LogP contribution is 2.31. The van der Waals surface area contributed by atoms with E-state index in [1.54, 1.807) is 6.07 Å². The number of nitrogens with one attached hydrogen (secondary N) is 2. The van der Waals surface area contributed by atoms with Crippen molar-refractivity contribution >= 4 is 28.4 Å². The van der Waals surface area contributed by atoms with Crippen LogP contribution in [0.3, 0.4) is 0 Å². The smallest absolute Gasteiger partial charge is 0.341 e. The molecule has 4 N–H and O–H groups in total. The molecular formula is C19H19F3N6O. The number of hydrogen-bond acceptors (Lipinski definition) is 6. The number of H-pyrrole nitrogens is 1. The van der Waals surface area contributed by atoms with Crippen LogP contribution in [0.2, 0.25) is 0 Å². The Morgan fingerprint density at radius 1 is 1.10 bits per heavy atom. The van der Waals surface area contributed by atoms with Gasteiger partial charge in [0.25, 0.3) is 5.56 Å². The molecule has 0 spiro atoms. The fourth-order valence-electron chi connectivity index (χ4n) is 3.29. The van der Waals surface area contributed by atoms with Gasteiger partial charge in [-0.25, -0.2) is 4.98 Å². The lowest BCUT2D eigenvalue weighted by Gasteiger charge is -2.30. The minimum atomic E-state index is -4.42. The first-order chi connectivity index (χ1) is 13.8. The molecular weight excluding hydrogens is 385 g/mol. The third kappa shape index (κ3) is 4.02. The van der Waals surface area contributed by atoms with E-state index in [9.17, 15) is 18.0 Å². The summed E-state index contributed by atoms with van der Waals surface area (Å²) < 4.78 is 38.4. The summed E-state index contributed by atoms with van der Waals surface area (Å²) in [4.78, 5) is 25.9. The molecule has 0 amide bonds. The molecule has 29 heavy (non-hydrogen) atoms. The fourth-order valence-corrected chi connectivity index (χ4v) is 3.29. The van der Waals surface area contributed by atoms with Crippen LogP contribution in [0.1, 0.15) is 18.4 Å². The predicted octanol–water partition coefficient (Wildman–Crippen LogP) is 3.01. The molecule has 0 saturated carbocycles. The van der Waals surface area contributed by atoms with Gasteiger partial charge in [0.2, 0.25) is 5.95 Å². The Morgan fingerprint density at radius 2 is 1.79 bits per heavy atom. The van der Waals surface area contributed by atoms with Gasteiger partial charge in [-0.15, -0.1) is 0 Å². The zero-order chi connectivity index (χ0) is 20.6. The van der Waals surface area contributed by atoms with Crippen molar-refractivity contribution in [1.29, 1.82) is 0 Å². The van der Waals surface area contributed by atoms with Crippen molar-refractivity contribution in [2.45, 2.75) is 25.1 Å². The Bertz CT molecular complexity index is 1070. The Morgan fingerprint density at radius 3 is 2.45 bits per heavy atom. The average Bonchev–Trinajstić information content (AvgIpc) is 2.68. The number of pyridine rings is 1. The number of benzene rings is 1. The predicted molar refractivity (Wildman–Crippen MR) is 104 cm³/mol. The van der Waals surface area contributed by atoms with Gasteiger partial charge in [0.15, 0.2) is 0 Å². The van der Waals surface area contributed by atoms with Gasteiger partial charge in [-0.1, -0.05) is 0 Å². The second-order valence-electron chi connectivity index (χ2n) is 6.96. The second-order valence-corrected chi connectivity index (χ2v) is 6.96. The van der Waals surface area contributed by atoms with Crippen molar-refractivity contribution in [3.8, 4) is 0 Å². The quantitative estimate of drug-likeness (QED) is 0.621. The number of piperidine rings is 1. The van der Waals surface area contributed by atoms with Gasteiger partial charge in [0.1, 0.15) is 11.2 Å². The molecule has 4 rings (SSSR count). The number of fused-ring (bicyclic) bond motifs is 1. The van der Waals surface area contributed by atoms with E-state index in [1.807, 2.05) is 4.90 Å². The molecule has 1 aliphatic heterocycles. The first kappa shape index (κ1) is 19.2. The highest BCUT2D eigenvalue weighted by atomic mass is 19.4. The van der Waals surface area contributed by atoms with E-state index in [2.05, 4.69) is 20.3 Å². The molecule has 1 saturated heterocycles. The van der Waals surface area contributed by atoms with Crippen molar-refractivity contribution in [3.05, 3.63) is 52.4 Å². The van der Waals surface area contributed by atoms with Crippen LogP contribution in [0.15, 0.2) is 41.3 Å². The number of aromatic amines is 1. The van der Waals surface area contributed by atoms with Crippen LogP contribution >= 0.6 is 0 Å². The normalized spacial score (nSPS) is 15.7. The van der Waals surface area contributed by atoms with Crippen molar-refractivity contribution in [1.82, 2.24) is 15.0 Å². The largest absolute Gasteiger partial charge is 0.416 e. The van der Waals surface area contributed by atoms with E-state index < -0.39 is 11.7 Å². The Labute approximate surface area is 163 Å². The first-order valence-electron chi connectivity index (χ1n) is 9.15. The summed E-state index contributed by atoms with van der Waals surface area (Å²) >= 11 is 0. The molecule has 0 bridgehead atoms. The molecule has 0 radical (unpaired) electrons. The lowest BCUT2D eigenvalue weighted by Crippen LogP contribution is -2.40. The highest BCUT2D eigenvalue weighted by Gasteiger charge is 2.30. The van der Waals surface area contributed by atoms with E-state index in [0.29, 0.717) is 30.2 Å². The first-order valence-corrected chi connectivity index (χ1v) is 9.15. The zero-order valence-corrected chi connectivity index (χ0v) is 15.3. The summed E-state index contributed by atoms with van der Waals surface area (Å²) in [6, 6.07) is 6.35. The van der Waals surface area contributed by atoms with E-state index in [0.717, 1.165) is 25.0 Å². The molecule has 0 atom stereocenters. The average molecular weight is 404 g/mol. The van der Waals surface area contributed by atoms with Crippen LogP contribution in [0, 0.1) is 0 Å². The molecule has 10 heteroatoms. The number of nitrogens with zero attached hydrogens (tertiary/aromatic N) is 3. The van der Waals surface area contributed by atoms with Crippen molar-refractivity contribution in [2.24, 2.45) is 5.73 Å². The summed E-state index contributed by atoms with van der Waals surface area (Å²) in [5.74, 6) is 0.686. The van der Waals surface area contributed by atoms with Crippen molar-refractivity contribution in [2.75, 3.05) is 23.3 Å². The van der Waals surface area contributed by atoms with E-state index in [-0.39, 0.29) is 22.8 Å². The van der Waals surface area contributed by atoms with Crippen molar-refractivity contribution in [3.63, 3.8) is 0 Å². The molecule has 0 unspecified atom stereocenters. The van der Waals surface area contributed by atoms with Gasteiger partial charge >= 0.3 is 6.18 Å². The van der Waals surface area contributed by atoms with Gasteiger partial charge in [0, 0.05) is 31.0 Å². The third-order valence-corrected chi connectivity index (χ3v) is 4.91. The molecule has 1 aromatic carbocycles. The molecule has 2 aromatic heterocycles. The minimum absolute atomic E-state index is 0.138. The summed E-state index contributed by atoms with van der Waals surface area (Å²) in [7, 11) is 0. The number of anilines is 3. The van der Waals surface area contributed by atoms with E-state index in [1.165, 1.54) is 18.3 Å². The summed E-state index contributed by atoms with van der Waals surface area (Å²) in [5.41, 5.74) is 5.65. The Kier molecular flexibility index (Phi) is 4.87. The number of nitrogens with two attached hydrogens (primary N) is 1. The SMILES string of the molecule is NC1CCN(c2nc(Nc3ccc(C(F)(F)F)cc3)c3c(=O)[nH]ccc3n2)CC1. The summed E-state index contributed by atoms with van der Waals surface area (Å²) in [6.07, 6.45) is -1.31. The molecule has 1 fully saturated rings. The van der Waals surface area contributed by atoms with Crippen LogP contribution in [-0.2, 0) is 6.18 Å². The second kappa shape index (κ2) is 7.36. The fraction of sp³-hybridized carbons (Fsp3) is 0.316. The molecule has 3 aromatic rings. The Hall–Kier alpha value is -3.14. The van der Waals surface area contributed by atoms with Gasteiger partial charge in [-0.2, -0.15) is 18.2 Å². The number of hydrogen-bond donors (Lipinski definition) is 3. The highest BCUT2D eigenvalue weighted by molar-refractivity contribution is 5.90. The topological polar surface area (TPSA) is 99.9 Å². The van der Waals surface area contributed by atoms with E-state index in [4.69, 9.17) is 5.73 Å². The van der Waals surface area contributed by atoms with Crippen LogP contribution in [-0.4, -0.2) is 34.1 Å². The molecule has 152 valence electrons. The summed E-state index contributed by atoms with van der Waals surface area (Å²) in [6.45, 7) is 1.38. The number of alkyl halides is 3. The molecule has 7 nitrogen and oxygen atoms in total. The van der Waals surface area contributed by atoms with Crippen LogP contribution in [0.5, 0.6) is 0 Å². The van der Waals surface area contributed by atoms with E-state index >= 15 is 0 Å². The monoisotopic (exact) mass is 404 g/mol. The maximum absolute atomic E-state index is 12.8. The molecule has 0 aliphatic carbocycles. The Balaban J connectivity index is 1.73. The van der Waals surface area contributed by atoms with Gasteiger partial charge in [-0.05, 0) is 43.2 Å². The maximum atomic E-state index is 12.8. The van der Waals surface area contributed by atoms with Crippen LogP contribution in [0.4, 0.5) is 30.6 Å². The van der Waals surface area contributed by atoms with Gasteiger partial charge in [-0.3, -0.25) is 4.79 Å². The van der Waals surface area contributed by atoms with Crippen LogP contribution in [0.25, 0.3) is 10.9 Å².